The van der Waals surface area contributed by atoms with Gasteiger partial charge < -0.3 is 13.9 Å². The number of fused-ring (bicyclic) bond motifs is 1. The summed E-state index contributed by atoms with van der Waals surface area (Å²) in [4.78, 5) is 39.3. The fourth-order valence-electron chi connectivity index (χ4n) is 3.31. The number of ether oxygens (including phenoxy) is 2. The van der Waals surface area contributed by atoms with E-state index in [9.17, 15) is 14.4 Å². The predicted molar refractivity (Wildman–Crippen MR) is 110 cm³/mol. The van der Waals surface area contributed by atoms with Crippen molar-refractivity contribution in [1.29, 1.82) is 0 Å². The summed E-state index contributed by atoms with van der Waals surface area (Å²) < 4.78 is 18.1. The SMILES string of the molecule is COc1cc2c(=O)n(-c3ccccc3)c(=O)n(CC(=O)c3ccco3)c2cc1OC. The van der Waals surface area contributed by atoms with Gasteiger partial charge in [0.15, 0.2) is 17.3 Å². The second-order valence-corrected chi connectivity index (χ2v) is 6.47. The van der Waals surface area contributed by atoms with Crippen molar-refractivity contribution in [1.82, 2.24) is 9.13 Å². The van der Waals surface area contributed by atoms with Gasteiger partial charge in [0, 0.05) is 6.07 Å². The van der Waals surface area contributed by atoms with Crippen LogP contribution in [0.2, 0.25) is 0 Å². The Morgan fingerprint density at radius 3 is 2.30 bits per heavy atom. The largest absolute Gasteiger partial charge is 0.493 e. The number of carbonyl (C=O) groups is 1. The van der Waals surface area contributed by atoms with Crippen LogP contribution in [0.3, 0.4) is 0 Å². The van der Waals surface area contributed by atoms with E-state index in [0.717, 1.165) is 4.57 Å². The molecule has 0 atom stereocenters. The molecule has 2 heterocycles. The van der Waals surface area contributed by atoms with E-state index in [1.165, 1.54) is 43.2 Å². The average molecular weight is 406 g/mol. The van der Waals surface area contributed by atoms with Gasteiger partial charge in [-0.1, -0.05) is 18.2 Å². The Morgan fingerprint density at radius 2 is 1.67 bits per heavy atom. The minimum absolute atomic E-state index is 0.119. The Bertz CT molecular complexity index is 1330. The van der Waals surface area contributed by atoms with Crippen LogP contribution in [0.15, 0.2) is 74.9 Å². The number of Topliss-reactive ketones (excluding diaryl/α,β-unsaturated/α-hetero) is 1. The van der Waals surface area contributed by atoms with E-state index >= 15 is 0 Å². The van der Waals surface area contributed by atoms with Crippen LogP contribution in [0.1, 0.15) is 10.6 Å². The molecular formula is C22H18N2O6. The zero-order chi connectivity index (χ0) is 21.3. The zero-order valence-electron chi connectivity index (χ0n) is 16.3. The number of rotatable bonds is 6. The van der Waals surface area contributed by atoms with E-state index in [-0.39, 0.29) is 23.2 Å². The summed E-state index contributed by atoms with van der Waals surface area (Å²) in [5.41, 5.74) is -0.521. The molecule has 30 heavy (non-hydrogen) atoms. The highest BCUT2D eigenvalue weighted by Crippen LogP contribution is 2.30. The first kappa shape index (κ1) is 19.3. The van der Waals surface area contributed by atoms with Crippen LogP contribution < -0.4 is 20.7 Å². The van der Waals surface area contributed by atoms with Gasteiger partial charge in [0.25, 0.3) is 5.56 Å². The fourth-order valence-corrected chi connectivity index (χ4v) is 3.31. The molecule has 0 aliphatic rings. The summed E-state index contributed by atoms with van der Waals surface area (Å²) in [6.45, 7) is -0.314. The molecule has 152 valence electrons. The Morgan fingerprint density at radius 1 is 0.967 bits per heavy atom. The number of hydrogen-bond acceptors (Lipinski definition) is 6. The van der Waals surface area contributed by atoms with Crippen molar-refractivity contribution < 1.29 is 18.7 Å². The molecule has 0 saturated heterocycles. The molecule has 0 fully saturated rings. The quantitative estimate of drug-likeness (QED) is 0.457. The van der Waals surface area contributed by atoms with Crippen LogP contribution in [0, 0.1) is 0 Å². The first-order valence-electron chi connectivity index (χ1n) is 9.09. The Balaban J connectivity index is 2.05. The van der Waals surface area contributed by atoms with Crippen molar-refractivity contribution in [3.63, 3.8) is 0 Å². The van der Waals surface area contributed by atoms with E-state index in [1.54, 1.807) is 36.4 Å². The van der Waals surface area contributed by atoms with Gasteiger partial charge in [-0.05, 0) is 30.3 Å². The van der Waals surface area contributed by atoms with E-state index in [4.69, 9.17) is 13.9 Å². The number of nitrogens with zero attached hydrogens (tertiary/aromatic N) is 2. The van der Waals surface area contributed by atoms with Gasteiger partial charge in [-0.3, -0.25) is 14.2 Å². The number of hydrogen-bond donors (Lipinski definition) is 0. The Hall–Kier alpha value is -4.07. The minimum atomic E-state index is -0.647. The van der Waals surface area contributed by atoms with Crippen molar-refractivity contribution in [2.75, 3.05) is 14.2 Å². The molecule has 4 aromatic rings. The number of furan rings is 1. The number of aromatic nitrogens is 2. The monoisotopic (exact) mass is 406 g/mol. The molecule has 0 spiro atoms. The van der Waals surface area contributed by atoms with Crippen molar-refractivity contribution >= 4 is 16.7 Å². The van der Waals surface area contributed by atoms with Crippen LogP contribution in [0.5, 0.6) is 11.5 Å². The summed E-state index contributed by atoms with van der Waals surface area (Å²) in [7, 11) is 2.90. The fraction of sp³-hybridized carbons (Fsp3) is 0.136. The maximum atomic E-state index is 13.3. The topological polar surface area (TPSA) is 92.7 Å². The lowest BCUT2D eigenvalue weighted by Gasteiger charge is -2.16. The molecule has 0 bridgehead atoms. The van der Waals surface area contributed by atoms with E-state index in [2.05, 4.69) is 0 Å². The Labute approximate surface area is 170 Å². The molecule has 8 nitrogen and oxygen atoms in total. The standard InChI is InChI=1S/C22H18N2O6/c1-28-19-11-15-16(12-20(19)29-2)23(13-17(25)18-9-6-10-30-18)22(27)24(21(15)26)14-7-4-3-5-8-14/h3-12H,13H2,1-2H3. The third kappa shape index (κ3) is 3.18. The first-order valence-corrected chi connectivity index (χ1v) is 9.09. The average Bonchev–Trinajstić information content (AvgIpc) is 3.31. The lowest BCUT2D eigenvalue weighted by molar-refractivity contribution is 0.0944. The molecule has 2 aromatic heterocycles. The first-order chi connectivity index (χ1) is 14.5. The van der Waals surface area contributed by atoms with Crippen molar-refractivity contribution in [2.24, 2.45) is 0 Å². The van der Waals surface area contributed by atoms with Gasteiger partial charge in [-0.25, -0.2) is 9.36 Å². The maximum Gasteiger partial charge on any atom is 0.336 e. The molecule has 4 rings (SSSR count). The van der Waals surface area contributed by atoms with Crippen molar-refractivity contribution in [2.45, 2.75) is 6.54 Å². The molecule has 0 N–H and O–H groups in total. The molecule has 2 aromatic carbocycles. The summed E-state index contributed by atoms with van der Waals surface area (Å²) >= 11 is 0. The third-order valence-corrected chi connectivity index (χ3v) is 4.76. The molecular weight excluding hydrogens is 388 g/mol. The molecule has 8 heteroatoms. The predicted octanol–water partition coefficient (Wildman–Crippen LogP) is 2.65. The normalized spacial score (nSPS) is 10.9. The van der Waals surface area contributed by atoms with Gasteiger partial charge in [0.1, 0.15) is 0 Å². The number of para-hydroxylation sites is 1. The highest BCUT2D eigenvalue weighted by molar-refractivity contribution is 5.94. The number of ketones is 1. The Kier molecular flexibility index (Phi) is 4.97. The number of carbonyl (C=O) groups excluding carboxylic acids is 1. The highest BCUT2D eigenvalue weighted by atomic mass is 16.5. The van der Waals surface area contributed by atoms with E-state index in [1.807, 2.05) is 0 Å². The molecule has 0 aliphatic heterocycles. The minimum Gasteiger partial charge on any atom is -0.493 e. The van der Waals surface area contributed by atoms with Gasteiger partial charge in [-0.15, -0.1) is 0 Å². The summed E-state index contributed by atoms with van der Waals surface area (Å²) in [6, 6.07) is 14.6. The highest BCUT2D eigenvalue weighted by Gasteiger charge is 2.20. The molecule has 0 amide bonds. The van der Waals surface area contributed by atoms with Crippen molar-refractivity contribution in [3.8, 4) is 17.2 Å². The lowest BCUT2D eigenvalue weighted by Crippen LogP contribution is -2.40. The lowest BCUT2D eigenvalue weighted by atomic mass is 10.2. The van der Waals surface area contributed by atoms with Gasteiger partial charge in [0.05, 0.1) is 43.6 Å². The van der Waals surface area contributed by atoms with Gasteiger partial charge >= 0.3 is 5.69 Å². The zero-order valence-corrected chi connectivity index (χ0v) is 16.3. The third-order valence-electron chi connectivity index (χ3n) is 4.76. The van der Waals surface area contributed by atoms with Gasteiger partial charge in [0.2, 0.25) is 5.78 Å². The van der Waals surface area contributed by atoms with Crippen LogP contribution in [0.25, 0.3) is 16.6 Å². The summed E-state index contributed by atoms with van der Waals surface area (Å²) in [6.07, 6.45) is 1.38. The summed E-state index contributed by atoms with van der Waals surface area (Å²) in [5.74, 6) is 0.383. The van der Waals surface area contributed by atoms with E-state index in [0.29, 0.717) is 17.2 Å². The molecule has 0 radical (unpaired) electrons. The molecule has 0 saturated carbocycles. The smallest absolute Gasteiger partial charge is 0.336 e. The van der Waals surface area contributed by atoms with Crippen LogP contribution in [-0.2, 0) is 6.54 Å². The summed E-state index contributed by atoms with van der Waals surface area (Å²) in [5, 5.41) is 0.211. The van der Waals surface area contributed by atoms with E-state index < -0.39 is 17.0 Å². The second-order valence-electron chi connectivity index (χ2n) is 6.47. The van der Waals surface area contributed by atoms with Crippen LogP contribution >= 0.6 is 0 Å². The molecule has 0 unspecified atom stereocenters. The van der Waals surface area contributed by atoms with Gasteiger partial charge in [-0.2, -0.15) is 0 Å². The van der Waals surface area contributed by atoms with Crippen LogP contribution in [-0.4, -0.2) is 29.1 Å². The number of benzene rings is 2. The second kappa shape index (κ2) is 7.75. The maximum absolute atomic E-state index is 13.3. The molecule has 0 aliphatic carbocycles. The van der Waals surface area contributed by atoms with Crippen LogP contribution in [0.4, 0.5) is 0 Å². The van der Waals surface area contributed by atoms with Crippen molar-refractivity contribution in [3.05, 3.63) is 87.5 Å². The number of methoxy groups -OCH3 is 2.